The summed E-state index contributed by atoms with van der Waals surface area (Å²) in [6.45, 7) is 4.64. The van der Waals surface area contributed by atoms with Crippen molar-refractivity contribution in [3.05, 3.63) is 58.7 Å². The van der Waals surface area contributed by atoms with Gasteiger partial charge in [0.05, 0.1) is 20.3 Å². The Morgan fingerprint density at radius 1 is 1.13 bits per heavy atom. The maximum atomic E-state index is 13.4. The molecule has 2 amide bonds. The smallest absolute Gasteiger partial charge is 0.255 e. The fourth-order valence-electron chi connectivity index (χ4n) is 4.70. The van der Waals surface area contributed by atoms with Crippen LogP contribution in [0.3, 0.4) is 0 Å². The third kappa shape index (κ3) is 3.99. The molecule has 2 aromatic rings. The maximum Gasteiger partial charge on any atom is 0.255 e. The van der Waals surface area contributed by atoms with E-state index >= 15 is 0 Å². The van der Waals surface area contributed by atoms with Gasteiger partial charge < -0.3 is 19.7 Å². The Balaban J connectivity index is 1.56. The second kappa shape index (κ2) is 8.61. The summed E-state index contributed by atoms with van der Waals surface area (Å²) in [5.41, 5.74) is 3.91. The van der Waals surface area contributed by atoms with Gasteiger partial charge in [0.2, 0.25) is 5.91 Å². The molecule has 0 aromatic heterocycles. The van der Waals surface area contributed by atoms with Gasteiger partial charge in [-0.25, -0.2) is 0 Å². The highest BCUT2D eigenvalue weighted by molar-refractivity contribution is 6.01. The Labute approximate surface area is 183 Å². The molecule has 31 heavy (non-hydrogen) atoms. The lowest BCUT2D eigenvalue weighted by molar-refractivity contribution is -0.127. The van der Waals surface area contributed by atoms with Gasteiger partial charge in [0.25, 0.3) is 5.91 Å². The number of hydrogen-bond acceptors (Lipinski definition) is 4. The van der Waals surface area contributed by atoms with Gasteiger partial charge in [0.15, 0.2) is 11.5 Å². The van der Waals surface area contributed by atoms with Crippen molar-refractivity contribution in [2.75, 3.05) is 14.2 Å². The van der Waals surface area contributed by atoms with Gasteiger partial charge in [-0.1, -0.05) is 32.0 Å². The predicted molar refractivity (Wildman–Crippen MR) is 118 cm³/mol. The quantitative estimate of drug-likeness (QED) is 0.735. The first-order valence-corrected chi connectivity index (χ1v) is 10.9. The van der Waals surface area contributed by atoms with Gasteiger partial charge in [-0.15, -0.1) is 0 Å². The number of hydrogen-bond donors (Lipinski definition) is 1. The van der Waals surface area contributed by atoms with E-state index in [0.717, 1.165) is 29.5 Å². The van der Waals surface area contributed by atoms with Crippen LogP contribution in [0.15, 0.2) is 36.4 Å². The molecule has 0 unspecified atom stereocenters. The first-order chi connectivity index (χ1) is 14.9. The van der Waals surface area contributed by atoms with Gasteiger partial charge >= 0.3 is 0 Å². The largest absolute Gasteiger partial charge is 0.493 e. The molecule has 2 aromatic carbocycles. The Kier molecular flexibility index (Phi) is 5.90. The molecule has 0 saturated heterocycles. The van der Waals surface area contributed by atoms with Crippen molar-refractivity contribution in [1.29, 1.82) is 0 Å². The van der Waals surface area contributed by atoms with E-state index in [4.69, 9.17) is 9.47 Å². The third-order valence-corrected chi connectivity index (χ3v) is 6.26. The fourth-order valence-corrected chi connectivity index (χ4v) is 4.70. The molecular weight excluding hydrogens is 392 g/mol. The number of carbonyl (C=O) groups excluding carboxylic acids is 2. The van der Waals surface area contributed by atoms with E-state index in [9.17, 15) is 9.59 Å². The number of fused-ring (bicyclic) bond motifs is 2. The molecule has 6 heteroatoms. The molecule has 164 valence electrons. The summed E-state index contributed by atoms with van der Waals surface area (Å²) in [6, 6.07) is 11.0. The zero-order chi connectivity index (χ0) is 22.1. The Bertz CT molecular complexity index is 1000. The van der Waals surface area contributed by atoms with Gasteiger partial charge in [0.1, 0.15) is 6.04 Å². The minimum atomic E-state index is -0.496. The zero-order valence-electron chi connectivity index (χ0n) is 18.6. The lowest BCUT2D eigenvalue weighted by Gasteiger charge is -2.29. The number of aryl methyl sites for hydroxylation is 1. The van der Waals surface area contributed by atoms with Crippen LogP contribution in [-0.2, 0) is 17.8 Å². The average Bonchev–Trinajstić information content (AvgIpc) is 3.31. The van der Waals surface area contributed by atoms with Crippen LogP contribution in [-0.4, -0.2) is 37.0 Å². The first-order valence-electron chi connectivity index (χ1n) is 10.9. The van der Waals surface area contributed by atoms with Crippen molar-refractivity contribution in [2.45, 2.75) is 51.7 Å². The fraction of sp³-hybridized carbons (Fsp3) is 0.440. The third-order valence-electron chi connectivity index (χ3n) is 6.26. The molecular formula is C25H30N2O4. The van der Waals surface area contributed by atoms with Crippen molar-refractivity contribution < 1.29 is 19.1 Å². The number of methoxy groups -OCH3 is 2. The molecule has 0 bridgehead atoms. The van der Waals surface area contributed by atoms with Crippen LogP contribution < -0.4 is 14.8 Å². The molecule has 0 spiro atoms. The molecule has 4 rings (SSSR count). The maximum absolute atomic E-state index is 13.4. The Morgan fingerprint density at radius 3 is 2.52 bits per heavy atom. The minimum absolute atomic E-state index is 0.0605. The van der Waals surface area contributed by atoms with Crippen molar-refractivity contribution >= 4 is 11.8 Å². The zero-order valence-corrected chi connectivity index (χ0v) is 18.6. The van der Waals surface area contributed by atoms with E-state index in [2.05, 4.69) is 19.2 Å². The van der Waals surface area contributed by atoms with Crippen molar-refractivity contribution in [3.63, 3.8) is 0 Å². The summed E-state index contributed by atoms with van der Waals surface area (Å²) in [7, 11) is 3.24. The van der Waals surface area contributed by atoms with Gasteiger partial charge in [-0.2, -0.15) is 0 Å². The predicted octanol–water partition coefficient (Wildman–Crippen LogP) is 3.88. The second-order valence-corrected chi connectivity index (χ2v) is 8.74. The molecule has 1 aliphatic heterocycles. The summed E-state index contributed by atoms with van der Waals surface area (Å²) in [5.74, 6) is 1.49. The van der Waals surface area contributed by atoms with Crippen LogP contribution in [0.4, 0.5) is 0 Å². The van der Waals surface area contributed by atoms with Gasteiger partial charge in [-0.05, 0) is 60.1 Å². The van der Waals surface area contributed by atoms with E-state index in [-0.39, 0.29) is 23.8 Å². The number of rotatable bonds is 7. The summed E-state index contributed by atoms with van der Waals surface area (Å²) in [4.78, 5) is 28.2. The van der Waals surface area contributed by atoms with Gasteiger partial charge in [0, 0.05) is 12.1 Å². The first kappa shape index (κ1) is 21.2. The number of benzene rings is 2. The van der Waals surface area contributed by atoms with Crippen LogP contribution in [0.2, 0.25) is 0 Å². The number of nitrogens with one attached hydrogen (secondary N) is 1. The van der Waals surface area contributed by atoms with E-state index in [1.54, 1.807) is 19.1 Å². The monoisotopic (exact) mass is 422 g/mol. The molecule has 1 heterocycles. The molecule has 2 atom stereocenters. The summed E-state index contributed by atoms with van der Waals surface area (Å²) >= 11 is 0. The Morgan fingerprint density at radius 2 is 1.84 bits per heavy atom. The van der Waals surface area contributed by atoms with Crippen molar-refractivity contribution in [2.24, 2.45) is 5.92 Å². The summed E-state index contributed by atoms with van der Waals surface area (Å²) in [5, 5.41) is 3.22. The van der Waals surface area contributed by atoms with Crippen molar-refractivity contribution in [1.82, 2.24) is 10.2 Å². The lowest BCUT2D eigenvalue weighted by atomic mass is 10.0. The standard InChI is InChI=1S/C25H30N2O4/c1-15(2)11-21(27-14-17-7-5-6-8-18(17)25(27)29)24(28)26-20-10-9-16-12-22(30-3)23(31-4)13-19(16)20/h5-8,12-13,15,20-21H,9-11,14H2,1-4H3,(H,26,28)/t20-,21-/m0/s1. The number of amides is 2. The van der Waals surface area contributed by atoms with E-state index in [0.29, 0.717) is 30.0 Å². The molecule has 2 aliphatic rings. The highest BCUT2D eigenvalue weighted by Crippen LogP contribution is 2.39. The summed E-state index contributed by atoms with van der Waals surface area (Å²) in [6.07, 6.45) is 2.31. The SMILES string of the molecule is COc1cc2c(cc1OC)[C@@H](NC(=O)[C@H](CC(C)C)N1Cc3ccccc3C1=O)CC2. The van der Waals surface area contributed by atoms with Crippen LogP contribution >= 0.6 is 0 Å². The normalized spacial score (nSPS) is 18.0. The molecule has 1 N–H and O–H groups in total. The summed E-state index contributed by atoms with van der Waals surface area (Å²) < 4.78 is 10.9. The topological polar surface area (TPSA) is 67.9 Å². The number of carbonyl (C=O) groups is 2. The average molecular weight is 423 g/mol. The highest BCUT2D eigenvalue weighted by Gasteiger charge is 2.38. The minimum Gasteiger partial charge on any atom is -0.493 e. The number of ether oxygens (including phenoxy) is 2. The molecule has 6 nitrogen and oxygen atoms in total. The second-order valence-electron chi connectivity index (χ2n) is 8.74. The van der Waals surface area contributed by atoms with Crippen molar-refractivity contribution in [3.8, 4) is 11.5 Å². The molecule has 1 aliphatic carbocycles. The van der Waals surface area contributed by atoms with E-state index in [1.165, 1.54) is 0 Å². The van der Waals surface area contributed by atoms with Gasteiger partial charge in [-0.3, -0.25) is 9.59 Å². The van der Waals surface area contributed by atoms with Crippen LogP contribution in [0.1, 0.15) is 59.8 Å². The lowest BCUT2D eigenvalue weighted by Crippen LogP contribution is -2.48. The van der Waals surface area contributed by atoms with Crippen LogP contribution in [0.25, 0.3) is 0 Å². The molecule has 0 fully saturated rings. The highest BCUT2D eigenvalue weighted by atomic mass is 16.5. The molecule has 0 radical (unpaired) electrons. The Hall–Kier alpha value is -3.02. The number of nitrogens with zero attached hydrogens (tertiary/aromatic N) is 1. The molecule has 0 saturated carbocycles. The van der Waals surface area contributed by atoms with Crippen LogP contribution in [0, 0.1) is 5.92 Å². The van der Waals surface area contributed by atoms with E-state index in [1.807, 2.05) is 36.4 Å². The van der Waals surface area contributed by atoms with E-state index < -0.39 is 6.04 Å². The van der Waals surface area contributed by atoms with Crippen LogP contribution in [0.5, 0.6) is 11.5 Å².